The summed E-state index contributed by atoms with van der Waals surface area (Å²) >= 11 is 2.23. The van der Waals surface area contributed by atoms with Crippen molar-refractivity contribution in [2.45, 2.75) is 16.2 Å². The highest BCUT2D eigenvalue weighted by Crippen LogP contribution is 2.53. The van der Waals surface area contributed by atoms with E-state index in [-0.39, 0.29) is 10.8 Å². The molecule has 23 heavy (non-hydrogen) atoms. The Kier molecular flexibility index (Phi) is 3.31. The van der Waals surface area contributed by atoms with Crippen LogP contribution >= 0.6 is 23.1 Å². The summed E-state index contributed by atoms with van der Waals surface area (Å²) in [5.74, 6) is -1.58. The number of carbonyl (C=O) groups excluding carboxylic acids is 2. The molecule has 4 rings (SSSR count). The number of aromatic amines is 1. The van der Waals surface area contributed by atoms with Crippen LogP contribution in [0.15, 0.2) is 34.1 Å². The van der Waals surface area contributed by atoms with Crippen molar-refractivity contribution in [3.05, 3.63) is 44.4 Å². The lowest BCUT2D eigenvalue weighted by atomic mass is 9.80. The molecule has 2 aromatic rings. The number of nitrogens with one attached hydrogen (secondary N) is 1. The van der Waals surface area contributed by atoms with Crippen LogP contribution in [0, 0.1) is 5.92 Å². The number of ether oxygens (including phenoxy) is 2. The summed E-state index contributed by atoms with van der Waals surface area (Å²) in [5.41, 5.74) is 0.808. The van der Waals surface area contributed by atoms with Crippen LogP contribution in [0.4, 0.5) is 0 Å². The number of esters is 2. The van der Waals surface area contributed by atoms with Crippen LogP contribution in [0.2, 0.25) is 0 Å². The highest BCUT2D eigenvalue weighted by molar-refractivity contribution is 8.00. The number of rotatable bonds is 1. The summed E-state index contributed by atoms with van der Waals surface area (Å²) in [4.78, 5) is 39.8. The normalized spacial score (nSPS) is 24.9. The molecule has 1 aromatic heterocycles. The fourth-order valence-corrected chi connectivity index (χ4v) is 5.56. The summed E-state index contributed by atoms with van der Waals surface area (Å²) in [5, 5.41) is -0.121. The van der Waals surface area contributed by atoms with Gasteiger partial charge in [0, 0.05) is 16.4 Å². The second-order valence-electron chi connectivity index (χ2n) is 5.23. The van der Waals surface area contributed by atoms with Gasteiger partial charge in [0.25, 0.3) is 0 Å². The Morgan fingerprint density at radius 1 is 1.30 bits per heavy atom. The van der Waals surface area contributed by atoms with E-state index in [4.69, 9.17) is 9.47 Å². The number of hydrogen-bond donors (Lipinski definition) is 1. The molecule has 0 fully saturated rings. The first-order valence-corrected chi connectivity index (χ1v) is 8.58. The average molecular weight is 349 g/mol. The minimum absolute atomic E-state index is 0.205. The number of hydrogen-bond acceptors (Lipinski definition) is 7. The smallest absolute Gasteiger partial charge is 0.320 e. The largest absolute Gasteiger partial charge is 0.468 e. The molecule has 0 aliphatic carbocycles. The van der Waals surface area contributed by atoms with Crippen molar-refractivity contribution >= 4 is 35.0 Å². The molecule has 0 saturated carbocycles. The van der Waals surface area contributed by atoms with E-state index in [2.05, 4.69) is 4.98 Å². The van der Waals surface area contributed by atoms with Gasteiger partial charge in [0.2, 0.25) is 0 Å². The topological polar surface area (TPSA) is 85.5 Å². The third-order valence-corrected chi connectivity index (χ3v) is 6.42. The van der Waals surface area contributed by atoms with E-state index in [9.17, 15) is 14.4 Å². The van der Waals surface area contributed by atoms with Gasteiger partial charge in [-0.1, -0.05) is 41.3 Å². The van der Waals surface area contributed by atoms with Crippen LogP contribution in [0.5, 0.6) is 5.75 Å². The average Bonchev–Trinajstić information content (AvgIpc) is 2.93. The van der Waals surface area contributed by atoms with E-state index in [0.717, 1.165) is 33.5 Å². The number of methoxy groups -OCH3 is 1. The van der Waals surface area contributed by atoms with Crippen LogP contribution in [0.25, 0.3) is 0 Å². The highest BCUT2D eigenvalue weighted by atomic mass is 32.2. The van der Waals surface area contributed by atoms with Crippen molar-refractivity contribution in [2.75, 3.05) is 7.11 Å². The maximum absolute atomic E-state index is 12.5. The monoisotopic (exact) mass is 349 g/mol. The van der Waals surface area contributed by atoms with E-state index in [1.54, 1.807) is 12.1 Å². The second kappa shape index (κ2) is 5.24. The zero-order valence-electron chi connectivity index (χ0n) is 11.9. The number of benzene rings is 1. The fourth-order valence-electron chi connectivity index (χ4n) is 3.07. The van der Waals surface area contributed by atoms with Gasteiger partial charge in [-0.3, -0.25) is 14.4 Å². The lowest BCUT2D eigenvalue weighted by molar-refractivity contribution is -0.149. The first-order valence-electron chi connectivity index (χ1n) is 6.88. The van der Waals surface area contributed by atoms with E-state index in [1.165, 1.54) is 7.11 Å². The Balaban J connectivity index is 1.95. The molecular formula is C15H11NO5S2. The van der Waals surface area contributed by atoms with Gasteiger partial charge in [0.1, 0.15) is 11.0 Å². The lowest BCUT2D eigenvalue weighted by Crippen LogP contribution is -2.44. The molecule has 2 aliphatic rings. The Morgan fingerprint density at radius 2 is 2.09 bits per heavy atom. The van der Waals surface area contributed by atoms with Gasteiger partial charge in [-0.2, -0.15) is 0 Å². The molecule has 1 aromatic carbocycles. The van der Waals surface area contributed by atoms with Crippen LogP contribution in [0.1, 0.15) is 16.4 Å². The lowest BCUT2D eigenvalue weighted by Gasteiger charge is -2.37. The van der Waals surface area contributed by atoms with Crippen molar-refractivity contribution in [3.63, 3.8) is 0 Å². The quantitative estimate of drug-likeness (QED) is 0.624. The van der Waals surface area contributed by atoms with Crippen LogP contribution in [-0.2, 0) is 14.3 Å². The number of carbonyl (C=O) groups is 2. The number of fused-ring (bicyclic) bond motifs is 5. The molecule has 0 radical (unpaired) electrons. The van der Waals surface area contributed by atoms with Crippen molar-refractivity contribution in [2.24, 2.45) is 5.92 Å². The molecule has 0 amide bonds. The number of thiazole rings is 1. The summed E-state index contributed by atoms with van der Waals surface area (Å²) in [6, 6.07) is 7.20. The second-order valence-corrected chi connectivity index (χ2v) is 7.40. The zero-order chi connectivity index (χ0) is 16.1. The Labute approximate surface area is 138 Å². The third kappa shape index (κ3) is 2.13. The summed E-state index contributed by atoms with van der Waals surface area (Å²) in [6.45, 7) is 0. The molecule has 0 spiro atoms. The molecular weight excluding hydrogens is 338 g/mol. The molecule has 8 heteroatoms. The zero-order valence-corrected chi connectivity index (χ0v) is 13.5. The Bertz CT molecular complexity index is 871. The predicted octanol–water partition coefficient (Wildman–Crippen LogP) is 1.75. The Hall–Kier alpha value is -2.06. The third-order valence-electron chi connectivity index (χ3n) is 4.02. The number of thioether (sulfide) groups is 1. The Morgan fingerprint density at radius 3 is 2.87 bits per heavy atom. The van der Waals surface area contributed by atoms with Gasteiger partial charge in [0.05, 0.1) is 18.1 Å². The molecule has 0 saturated heterocycles. The van der Waals surface area contributed by atoms with Crippen molar-refractivity contribution in [1.82, 2.24) is 4.98 Å². The van der Waals surface area contributed by atoms with Gasteiger partial charge in [-0.25, -0.2) is 0 Å². The van der Waals surface area contributed by atoms with Gasteiger partial charge in [-0.15, -0.1) is 0 Å². The number of para-hydroxylation sites is 1. The molecule has 1 N–H and O–H groups in total. The van der Waals surface area contributed by atoms with E-state index >= 15 is 0 Å². The minimum atomic E-state index is -0.747. The van der Waals surface area contributed by atoms with Crippen LogP contribution in [-0.4, -0.2) is 29.3 Å². The van der Waals surface area contributed by atoms with Crippen LogP contribution < -0.4 is 9.61 Å². The standard InChI is InChI=1S/C15H11NO5S2/c1-20-14(18)11-9-8(10-12(22-11)16-15(19)23-10)6-4-2-3-5-7(6)21-13(9)17/h2-5,8-9,11H,1H3,(H,16,19)/t8-,9-,11+/m0/s1. The van der Waals surface area contributed by atoms with Crippen molar-refractivity contribution in [1.29, 1.82) is 0 Å². The molecule has 6 nitrogen and oxygen atoms in total. The molecule has 2 aliphatic heterocycles. The van der Waals surface area contributed by atoms with E-state index < -0.39 is 23.1 Å². The summed E-state index contributed by atoms with van der Waals surface area (Å²) in [6.07, 6.45) is 0. The molecule has 118 valence electrons. The maximum Gasteiger partial charge on any atom is 0.320 e. The minimum Gasteiger partial charge on any atom is -0.468 e. The SMILES string of the molecule is COC(=O)[C@@H]1Sc2[nH]c(=O)sc2[C@H]2c3ccccc3OC(=O)[C@@H]21. The highest BCUT2D eigenvalue weighted by Gasteiger charge is 2.51. The van der Waals surface area contributed by atoms with Gasteiger partial charge >= 0.3 is 16.8 Å². The van der Waals surface area contributed by atoms with Crippen molar-refractivity contribution < 1.29 is 19.1 Å². The van der Waals surface area contributed by atoms with E-state index in [1.807, 2.05) is 12.1 Å². The van der Waals surface area contributed by atoms with Gasteiger partial charge < -0.3 is 14.5 Å². The van der Waals surface area contributed by atoms with Gasteiger partial charge in [0.15, 0.2) is 0 Å². The molecule has 0 unspecified atom stereocenters. The fraction of sp³-hybridized carbons (Fsp3) is 0.267. The van der Waals surface area contributed by atoms with Crippen LogP contribution in [0.3, 0.4) is 0 Å². The molecule has 3 heterocycles. The first-order chi connectivity index (χ1) is 11.1. The number of aromatic nitrogens is 1. The van der Waals surface area contributed by atoms with Crippen molar-refractivity contribution in [3.8, 4) is 5.75 Å². The van der Waals surface area contributed by atoms with E-state index in [0.29, 0.717) is 10.8 Å². The first kappa shape index (κ1) is 14.5. The maximum atomic E-state index is 12.5. The summed E-state index contributed by atoms with van der Waals surface area (Å²) in [7, 11) is 1.28. The molecule has 3 atom stereocenters. The number of H-pyrrole nitrogens is 1. The predicted molar refractivity (Wildman–Crippen MR) is 84.0 cm³/mol. The molecule has 0 bridgehead atoms. The summed E-state index contributed by atoms with van der Waals surface area (Å²) < 4.78 is 10.2. The van der Waals surface area contributed by atoms with Gasteiger partial charge in [-0.05, 0) is 6.07 Å².